The summed E-state index contributed by atoms with van der Waals surface area (Å²) in [5.74, 6) is 0. The molecule has 1 aromatic carbocycles. The van der Waals surface area contributed by atoms with Gasteiger partial charge in [-0.15, -0.1) is 0 Å². The smallest absolute Gasteiger partial charge is 0.0978 e. The summed E-state index contributed by atoms with van der Waals surface area (Å²) in [7, 11) is 0. The quantitative estimate of drug-likeness (QED) is 0.788. The van der Waals surface area contributed by atoms with E-state index in [1.54, 1.807) is 0 Å². The van der Waals surface area contributed by atoms with Gasteiger partial charge in [0.15, 0.2) is 0 Å². The second kappa shape index (κ2) is 4.56. The lowest BCUT2D eigenvalue weighted by atomic mass is 9.91. The lowest BCUT2D eigenvalue weighted by molar-refractivity contribution is -0.000249. The van der Waals surface area contributed by atoms with Crippen LogP contribution in [0, 0.1) is 20.8 Å². The summed E-state index contributed by atoms with van der Waals surface area (Å²) in [5, 5.41) is 0. The molecule has 0 radical (unpaired) electrons. The monoisotopic (exact) mass is 219 g/mol. The van der Waals surface area contributed by atoms with E-state index < -0.39 is 0 Å². The van der Waals surface area contributed by atoms with Crippen molar-refractivity contribution in [3.05, 3.63) is 34.4 Å². The highest BCUT2D eigenvalue weighted by Crippen LogP contribution is 2.30. The van der Waals surface area contributed by atoms with Gasteiger partial charge in [-0.3, -0.25) is 0 Å². The molecule has 88 valence electrons. The molecular weight excluding hydrogens is 198 g/mol. The standard InChI is InChI=1S/C14H21NO/c1-9-7-11(3)12(8-10(9)2)14-13(15)5-4-6-16-14/h7-8,13-14H,4-6,15H2,1-3H3. The molecule has 1 heterocycles. The molecule has 2 N–H and O–H groups in total. The Morgan fingerprint density at radius 1 is 1.12 bits per heavy atom. The fraction of sp³-hybridized carbons (Fsp3) is 0.571. The molecular formula is C14H21NO. The van der Waals surface area contributed by atoms with Crippen LogP contribution in [0.25, 0.3) is 0 Å². The van der Waals surface area contributed by atoms with Crippen molar-refractivity contribution >= 4 is 0 Å². The van der Waals surface area contributed by atoms with E-state index in [1.807, 2.05) is 0 Å². The fourth-order valence-corrected chi connectivity index (χ4v) is 2.41. The Labute approximate surface area is 97.8 Å². The Kier molecular flexibility index (Phi) is 3.31. The Morgan fingerprint density at radius 3 is 2.50 bits per heavy atom. The lowest BCUT2D eigenvalue weighted by Crippen LogP contribution is -2.34. The minimum absolute atomic E-state index is 0.0908. The van der Waals surface area contributed by atoms with Crippen molar-refractivity contribution in [1.29, 1.82) is 0 Å². The summed E-state index contributed by atoms with van der Waals surface area (Å²) in [5.41, 5.74) is 11.4. The fourth-order valence-electron chi connectivity index (χ4n) is 2.41. The normalized spacial score (nSPS) is 25.8. The van der Waals surface area contributed by atoms with Crippen molar-refractivity contribution < 1.29 is 4.74 Å². The zero-order chi connectivity index (χ0) is 11.7. The summed E-state index contributed by atoms with van der Waals surface area (Å²) in [6.45, 7) is 7.28. The van der Waals surface area contributed by atoms with Crippen molar-refractivity contribution in [2.24, 2.45) is 5.73 Å². The first-order chi connectivity index (χ1) is 7.59. The van der Waals surface area contributed by atoms with E-state index in [1.165, 1.54) is 22.3 Å². The molecule has 0 aliphatic carbocycles. The number of aryl methyl sites for hydroxylation is 3. The average molecular weight is 219 g/mol. The molecule has 0 saturated carbocycles. The van der Waals surface area contributed by atoms with Crippen molar-refractivity contribution in [2.75, 3.05) is 6.61 Å². The van der Waals surface area contributed by atoms with Crippen LogP contribution in [0.15, 0.2) is 12.1 Å². The third kappa shape index (κ3) is 2.13. The highest BCUT2D eigenvalue weighted by Gasteiger charge is 2.25. The SMILES string of the molecule is Cc1cc(C)c(C2OCCCC2N)cc1C. The number of hydrogen-bond donors (Lipinski definition) is 1. The minimum atomic E-state index is 0.0908. The number of nitrogens with two attached hydrogens (primary N) is 1. The molecule has 2 unspecified atom stereocenters. The zero-order valence-electron chi connectivity index (χ0n) is 10.4. The average Bonchev–Trinajstić information content (AvgIpc) is 2.25. The molecule has 1 aliphatic heterocycles. The molecule has 1 fully saturated rings. The first-order valence-corrected chi connectivity index (χ1v) is 6.04. The van der Waals surface area contributed by atoms with Crippen LogP contribution in [0.4, 0.5) is 0 Å². The maximum absolute atomic E-state index is 6.14. The van der Waals surface area contributed by atoms with Gasteiger partial charge in [0.1, 0.15) is 0 Å². The molecule has 1 aromatic rings. The van der Waals surface area contributed by atoms with Crippen LogP contribution in [0.3, 0.4) is 0 Å². The maximum Gasteiger partial charge on any atom is 0.0978 e. The van der Waals surface area contributed by atoms with Crippen LogP contribution in [0.5, 0.6) is 0 Å². The van der Waals surface area contributed by atoms with Crippen LogP contribution >= 0.6 is 0 Å². The van der Waals surface area contributed by atoms with Gasteiger partial charge < -0.3 is 10.5 Å². The molecule has 0 amide bonds. The molecule has 0 aromatic heterocycles. The number of hydrogen-bond acceptors (Lipinski definition) is 2. The van der Waals surface area contributed by atoms with Gasteiger partial charge >= 0.3 is 0 Å². The Hall–Kier alpha value is -0.860. The predicted octanol–water partition coefficient (Wildman–Crippen LogP) is 2.79. The third-order valence-electron chi connectivity index (χ3n) is 3.56. The molecule has 2 atom stereocenters. The van der Waals surface area contributed by atoms with Gasteiger partial charge in [-0.1, -0.05) is 12.1 Å². The van der Waals surface area contributed by atoms with Gasteiger partial charge in [-0.05, 0) is 55.9 Å². The van der Waals surface area contributed by atoms with Gasteiger partial charge in [0, 0.05) is 12.6 Å². The molecule has 2 heteroatoms. The molecule has 2 rings (SSSR count). The van der Waals surface area contributed by atoms with Gasteiger partial charge in [-0.2, -0.15) is 0 Å². The Bertz CT molecular complexity index is 387. The highest BCUT2D eigenvalue weighted by atomic mass is 16.5. The summed E-state index contributed by atoms with van der Waals surface area (Å²) in [6.07, 6.45) is 2.24. The van der Waals surface area contributed by atoms with Crippen molar-refractivity contribution in [3.8, 4) is 0 Å². The van der Waals surface area contributed by atoms with E-state index in [9.17, 15) is 0 Å². The molecule has 0 spiro atoms. The highest BCUT2D eigenvalue weighted by molar-refractivity contribution is 5.38. The number of benzene rings is 1. The van der Waals surface area contributed by atoms with E-state index in [2.05, 4.69) is 32.9 Å². The number of ether oxygens (including phenoxy) is 1. The van der Waals surface area contributed by atoms with E-state index in [4.69, 9.17) is 10.5 Å². The van der Waals surface area contributed by atoms with Crippen LogP contribution in [0.2, 0.25) is 0 Å². The van der Waals surface area contributed by atoms with Crippen LogP contribution in [0.1, 0.15) is 41.2 Å². The van der Waals surface area contributed by atoms with Crippen molar-refractivity contribution in [3.63, 3.8) is 0 Å². The minimum Gasteiger partial charge on any atom is -0.372 e. The first-order valence-electron chi connectivity index (χ1n) is 6.04. The van der Waals surface area contributed by atoms with Crippen molar-refractivity contribution in [2.45, 2.75) is 45.8 Å². The van der Waals surface area contributed by atoms with Crippen molar-refractivity contribution in [1.82, 2.24) is 0 Å². The largest absolute Gasteiger partial charge is 0.372 e. The van der Waals surface area contributed by atoms with Gasteiger partial charge in [0.05, 0.1) is 6.10 Å². The lowest BCUT2D eigenvalue weighted by Gasteiger charge is -2.30. The predicted molar refractivity (Wildman–Crippen MR) is 66.6 cm³/mol. The maximum atomic E-state index is 6.14. The van der Waals surface area contributed by atoms with E-state index in [0.717, 1.165) is 19.4 Å². The van der Waals surface area contributed by atoms with E-state index >= 15 is 0 Å². The van der Waals surface area contributed by atoms with Crippen LogP contribution < -0.4 is 5.73 Å². The Morgan fingerprint density at radius 2 is 1.81 bits per heavy atom. The zero-order valence-corrected chi connectivity index (χ0v) is 10.4. The topological polar surface area (TPSA) is 35.2 Å². The van der Waals surface area contributed by atoms with E-state index in [0.29, 0.717) is 0 Å². The molecule has 0 bridgehead atoms. The Balaban J connectivity index is 2.35. The molecule has 16 heavy (non-hydrogen) atoms. The van der Waals surface area contributed by atoms with Crippen LogP contribution in [-0.2, 0) is 4.74 Å². The summed E-state index contributed by atoms with van der Waals surface area (Å²) in [6, 6.07) is 4.62. The summed E-state index contributed by atoms with van der Waals surface area (Å²) < 4.78 is 5.83. The second-order valence-corrected chi connectivity index (χ2v) is 4.89. The first kappa shape index (κ1) is 11.6. The molecule has 2 nitrogen and oxygen atoms in total. The number of rotatable bonds is 1. The van der Waals surface area contributed by atoms with Gasteiger partial charge in [-0.25, -0.2) is 0 Å². The van der Waals surface area contributed by atoms with Gasteiger partial charge in [0.25, 0.3) is 0 Å². The van der Waals surface area contributed by atoms with Crippen LogP contribution in [-0.4, -0.2) is 12.6 Å². The molecule has 1 saturated heterocycles. The summed E-state index contributed by atoms with van der Waals surface area (Å²) >= 11 is 0. The van der Waals surface area contributed by atoms with E-state index in [-0.39, 0.29) is 12.1 Å². The summed E-state index contributed by atoms with van der Waals surface area (Å²) in [4.78, 5) is 0. The van der Waals surface area contributed by atoms with Gasteiger partial charge in [0.2, 0.25) is 0 Å². The second-order valence-electron chi connectivity index (χ2n) is 4.89. The molecule has 1 aliphatic rings. The third-order valence-corrected chi connectivity index (χ3v) is 3.56.